The molecular weight excluding hydrogens is 428 g/mol. The lowest BCUT2D eigenvalue weighted by atomic mass is 10.1. The largest absolute Gasteiger partial charge is 0.466 e. The van der Waals surface area contributed by atoms with Gasteiger partial charge in [-0.3, -0.25) is 19.2 Å². The fraction of sp³-hybridized carbons (Fsp3) is 0.700. The van der Waals surface area contributed by atoms with E-state index in [1.165, 1.54) is 0 Å². The standard InChI is InChI=1S/C20H32N2O10/c1-5-29-15(23)11-9-13(19(27)31-7-3)21-17(25)18(26)22-14(20(28)32-8-4)10-12-16(24)30-6-2/h13-14H,5-12H2,1-4H3,(H,21,25)(H,22,26)/t13-,14-/m1/s1. The molecule has 182 valence electrons. The minimum Gasteiger partial charge on any atom is -0.466 e. The summed E-state index contributed by atoms with van der Waals surface area (Å²) in [5.41, 5.74) is 0. The number of rotatable bonds is 14. The summed E-state index contributed by atoms with van der Waals surface area (Å²) in [6.07, 6.45) is -0.684. The van der Waals surface area contributed by atoms with Crippen molar-refractivity contribution in [2.24, 2.45) is 0 Å². The van der Waals surface area contributed by atoms with Crippen molar-refractivity contribution >= 4 is 35.7 Å². The molecule has 0 radical (unpaired) electrons. The van der Waals surface area contributed by atoms with E-state index in [-0.39, 0.29) is 52.1 Å². The monoisotopic (exact) mass is 460 g/mol. The number of hydrogen-bond donors (Lipinski definition) is 2. The van der Waals surface area contributed by atoms with E-state index >= 15 is 0 Å². The molecule has 0 spiro atoms. The van der Waals surface area contributed by atoms with Gasteiger partial charge in [0, 0.05) is 12.8 Å². The highest BCUT2D eigenvalue weighted by Crippen LogP contribution is 2.05. The number of carbonyl (C=O) groups excluding carboxylic acids is 6. The quantitative estimate of drug-likeness (QED) is 0.201. The highest BCUT2D eigenvalue weighted by molar-refractivity contribution is 6.35. The van der Waals surface area contributed by atoms with Gasteiger partial charge in [0.25, 0.3) is 0 Å². The van der Waals surface area contributed by atoms with Crippen LogP contribution in [0.5, 0.6) is 0 Å². The second-order valence-electron chi connectivity index (χ2n) is 6.24. The van der Waals surface area contributed by atoms with Crippen molar-refractivity contribution in [2.45, 2.75) is 65.5 Å². The first-order valence-corrected chi connectivity index (χ1v) is 10.5. The molecule has 0 saturated carbocycles. The van der Waals surface area contributed by atoms with Crippen LogP contribution >= 0.6 is 0 Å². The predicted octanol–water partition coefficient (Wildman–Crippen LogP) is -0.231. The van der Waals surface area contributed by atoms with Gasteiger partial charge in [0.2, 0.25) is 0 Å². The Hall–Kier alpha value is -3.18. The molecule has 0 saturated heterocycles. The lowest BCUT2D eigenvalue weighted by molar-refractivity contribution is -0.152. The Labute approximate surface area is 186 Å². The van der Waals surface area contributed by atoms with Crippen LogP contribution in [0.25, 0.3) is 0 Å². The lowest BCUT2D eigenvalue weighted by Gasteiger charge is -2.19. The molecule has 0 heterocycles. The van der Waals surface area contributed by atoms with Crippen LogP contribution < -0.4 is 10.6 Å². The van der Waals surface area contributed by atoms with Crippen molar-refractivity contribution in [1.29, 1.82) is 0 Å². The topological polar surface area (TPSA) is 163 Å². The van der Waals surface area contributed by atoms with Crippen molar-refractivity contribution in [2.75, 3.05) is 26.4 Å². The van der Waals surface area contributed by atoms with E-state index in [0.29, 0.717) is 0 Å². The molecule has 0 rings (SSSR count). The number of esters is 4. The highest BCUT2D eigenvalue weighted by atomic mass is 16.5. The molecule has 0 aliphatic rings. The van der Waals surface area contributed by atoms with Crippen LogP contribution in [-0.2, 0) is 47.7 Å². The summed E-state index contributed by atoms with van der Waals surface area (Å²) in [5.74, 6) is -5.28. The molecule has 2 amide bonds. The molecule has 0 fully saturated rings. The van der Waals surface area contributed by atoms with Crippen molar-refractivity contribution < 1.29 is 47.7 Å². The zero-order chi connectivity index (χ0) is 24.5. The third kappa shape index (κ3) is 11.9. The van der Waals surface area contributed by atoms with E-state index in [1.54, 1.807) is 27.7 Å². The molecule has 32 heavy (non-hydrogen) atoms. The molecule has 12 heteroatoms. The number of nitrogens with one attached hydrogen (secondary N) is 2. The molecule has 0 aromatic heterocycles. The maximum atomic E-state index is 12.3. The molecular formula is C20H32N2O10. The van der Waals surface area contributed by atoms with E-state index in [4.69, 9.17) is 18.9 Å². The summed E-state index contributed by atoms with van der Waals surface area (Å²) < 4.78 is 19.3. The first-order chi connectivity index (χ1) is 15.2. The van der Waals surface area contributed by atoms with Crippen molar-refractivity contribution in [3.63, 3.8) is 0 Å². The van der Waals surface area contributed by atoms with Gasteiger partial charge in [-0.05, 0) is 40.5 Å². The maximum Gasteiger partial charge on any atom is 0.328 e. The molecule has 0 unspecified atom stereocenters. The third-order valence-corrected chi connectivity index (χ3v) is 3.84. The Kier molecular flexibility index (Phi) is 14.9. The predicted molar refractivity (Wildman–Crippen MR) is 109 cm³/mol. The molecule has 2 N–H and O–H groups in total. The summed E-state index contributed by atoms with van der Waals surface area (Å²) in [5, 5.41) is 4.37. The lowest BCUT2D eigenvalue weighted by Crippen LogP contribution is -2.52. The van der Waals surface area contributed by atoms with Crippen molar-refractivity contribution in [3.05, 3.63) is 0 Å². The van der Waals surface area contributed by atoms with Crippen LogP contribution in [0.2, 0.25) is 0 Å². The van der Waals surface area contributed by atoms with Gasteiger partial charge in [0.05, 0.1) is 26.4 Å². The molecule has 0 aromatic carbocycles. The van der Waals surface area contributed by atoms with Gasteiger partial charge >= 0.3 is 35.7 Å². The second-order valence-corrected chi connectivity index (χ2v) is 6.24. The van der Waals surface area contributed by atoms with Gasteiger partial charge in [0.15, 0.2) is 0 Å². The summed E-state index contributed by atoms with van der Waals surface area (Å²) in [6, 6.07) is -2.56. The van der Waals surface area contributed by atoms with Gasteiger partial charge in [0.1, 0.15) is 12.1 Å². The van der Waals surface area contributed by atoms with Gasteiger partial charge in [-0.1, -0.05) is 0 Å². The van der Waals surface area contributed by atoms with Crippen LogP contribution in [0.3, 0.4) is 0 Å². The van der Waals surface area contributed by atoms with E-state index < -0.39 is 47.8 Å². The van der Waals surface area contributed by atoms with Gasteiger partial charge < -0.3 is 29.6 Å². The van der Waals surface area contributed by atoms with E-state index in [2.05, 4.69) is 10.6 Å². The van der Waals surface area contributed by atoms with Gasteiger partial charge in [-0.2, -0.15) is 0 Å². The Morgan fingerprint density at radius 1 is 0.562 bits per heavy atom. The van der Waals surface area contributed by atoms with Crippen molar-refractivity contribution in [1.82, 2.24) is 10.6 Å². The van der Waals surface area contributed by atoms with E-state index in [0.717, 1.165) is 0 Å². The zero-order valence-electron chi connectivity index (χ0n) is 18.9. The van der Waals surface area contributed by atoms with Crippen LogP contribution in [0, 0.1) is 0 Å². The third-order valence-electron chi connectivity index (χ3n) is 3.84. The number of hydrogen-bond acceptors (Lipinski definition) is 10. The Bertz CT molecular complexity index is 609. The first-order valence-electron chi connectivity index (χ1n) is 10.5. The van der Waals surface area contributed by atoms with Crippen LogP contribution in [0.15, 0.2) is 0 Å². The summed E-state index contributed by atoms with van der Waals surface area (Å²) in [4.78, 5) is 71.9. The van der Waals surface area contributed by atoms with E-state index in [9.17, 15) is 28.8 Å². The van der Waals surface area contributed by atoms with Crippen LogP contribution in [-0.4, -0.2) is 74.2 Å². The molecule has 0 aromatic rings. The Morgan fingerprint density at radius 3 is 1.16 bits per heavy atom. The second kappa shape index (κ2) is 16.5. The average molecular weight is 460 g/mol. The smallest absolute Gasteiger partial charge is 0.328 e. The minimum atomic E-state index is -1.28. The number of amides is 2. The summed E-state index contributed by atoms with van der Waals surface area (Å²) >= 11 is 0. The SMILES string of the molecule is CCOC(=O)CC[C@@H](NC(=O)C(=O)N[C@H](CCC(=O)OCC)C(=O)OCC)C(=O)OCC. The maximum absolute atomic E-state index is 12.3. The van der Waals surface area contributed by atoms with Crippen LogP contribution in [0.1, 0.15) is 53.4 Å². The fourth-order valence-electron chi connectivity index (χ4n) is 2.42. The van der Waals surface area contributed by atoms with Gasteiger partial charge in [-0.15, -0.1) is 0 Å². The van der Waals surface area contributed by atoms with Gasteiger partial charge in [-0.25, -0.2) is 9.59 Å². The zero-order valence-corrected chi connectivity index (χ0v) is 18.9. The fourth-order valence-corrected chi connectivity index (χ4v) is 2.42. The summed E-state index contributed by atoms with van der Waals surface area (Å²) in [7, 11) is 0. The minimum absolute atomic E-state index is 0.0234. The normalized spacial score (nSPS) is 12.0. The highest BCUT2D eigenvalue weighted by Gasteiger charge is 2.30. The first kappa shape index (κ1) is 28.8. The Morgan fingerprint density at radius 2 is 0.875 bits per heavy atom. The number of ether oxygens (including phenoxy) is 4. The summed E-state index contributed by atoms with van der Waals surface area (Å²) in [6.45, 7) is 6.71. The number of carbonyl (C=O) groups is 6. The molecule has 12 nitrogen and oxygen atoms in total. The van der Waals surface area contributed by atoms with Crippen molar-refractivity contribution in [3.8, 4) is 0 Å². The Balaban J connectivity index is 5.12. The van der Waals surface area contributed by atoms with E-state index in [1.807, 2.05) is 0 Å². The molecule has 0 aliphatic heterocycles. The average Bonchev–Trinajstić information content (AvgIpc) is 2.74. The van der Waals surface area contributed by atoms with Crippen LogP contribution in [0.4, 0.5) is 0 Å². The molecule has 0 aliphatic carbocycles. The molecule has 0 bridgehead atoms. The molecule has 2 atom stereocenters.